The molecule has 1 aromatic carbocycles. The Labute approximate surface area is 122 Å². The second-order valence-corrected chi connectivity index (χ2v) is 5.50. The van der Waals surface area contributed by atoms with E-state index in [2.05, 4.69) is 10.3 Å². The highest BCUT2D eigenvalue weighted by Gasteiger charge is 2.31. The number of para-hydroxylation sites is 1. The number of aromatic amines is 1. The minimum absolute atomic E-state index is 0.276. The first kappa shape index (κ1) is 13.7. The van der Waals surface area contributed by atoms with Crippen LogP contribution < -0.4 is 5.32 Å². The average molecular weight is 286 g/mol. The molecule has 1 atom stereocenters. The molecule has 1 aromatic heterocycles. The van der Waals surface area contributed by atoms with Crippen LogP contribution in [0.3, 0.4) is 0 Å². The van der Waals surface area contributed by atoms with Gasteiger partial charge in [-0.15, -0.1) is 0 Å². The highest BCUT2D eigenvalue weighted by Crippen LogP contribution is 2.33. The molecule has 1 amide bonds. The normalized spacial score (nSPS) is 15.7. The van der Waals surface area contributed by atoms with E-state index in [4.69, 9.17) is 4.74 Å². The summed E-state index contributed by atoms with van der Waals surface area (Å²) >= 11 is 0. The van der Waals surface area contributed by atoms with E-state index >= 15 is 0 Å². The molecule has 0 radical (unpaired) electrons. The van der Waals surface area contributed by atoms with E-state index in [0.717, 1.165) is 23.7 Å². The number of aromatic nitrogens is 1. The van der Waals surface area contributed by atoms with Crippen molar-refractivity contribution in [1.82, 2.24) is 10.3 Å². The van der Waals surface area contributed by atoms with Crippen LogP contribution in [0, 0.1) is 5.92 Å². The number of carbonyl (C=O) groups is 2. The molecule has 5 nitrogen and oxygen atoms in total. The molecule has 0 unspecified atom stereocenters. The van der Waals surface area contributed by atoms with Crippen LogP contribution >= 0.6 is 0 Å². The zero-order valence-electron chi connectivity index (χ0n) is 11.9. The lowest BCUT2D eigenvalue weighted by atomic mass is 10.1. The number of hydrogen-bond acceptors (Lipinski definition) is 3. The van der Waals surface area contributed by atoms with E-state index in [1.807, 2.05) is 24.3 Å². The van der Waals surface area contributed by atoms with E-state index < -0.39 is 6.04 Å². The molecule has 0 aliphatic heterocycles. The summed E-state index contributed by atoms with van der Waals surface area (Å²) in [5, 5.41) is 3.74. The summed E-state index contributed by atoms with van der Waals surface area (Å²) in [6.45, 7) is 0. The molecule has 1 fully saturated rings. The van der Waals surface area contributed by atoms with Crippen LogP contribution in [0.2, 0.25) is 0 Å². The van der Waals surface area contributed by atoms with Gasteiger partial charge in [-0.1, -0.05) is 31.0 Å². The zero-order chi connectivity index (χ0) is 14.8. The first-order valence-electron chi connectivity index (χ1n) is 7.14. The minimum Gasteiger partial charge on any atom is -0.467 e. The third kappa shape index (κ3) is 3.07. The Morgan fingerprint density at radius 1 is 1.38 bits per heavy atom. The van der Waals surface area contributed by atoms with E-state index in [0.29, 0.717) is 18.0 Å². The highest BCUT2D eigenvalue weighted by molar-refractivity contribution is 5.99. The smallest absolute Gasteiger partial charge is 0.328 e. The largest absolute Gasteiger partial charge is 0.467 e. The quantitative estimate of drug-likeness (QED) is 0.828. The number of benzene rings is 1. The van der Waals surface area contributed by atoms with Gasteiger partial charge in [0.2, 0.25) is 0 Å². The number of rotatable bonds is 5. The highest BCUT2D eigenvalue weighted by atomic mass is 16.5. The molecular formula is C16H18N2O3. The van der Waals surface area contributed by atoms with Crippen molar-refractivity contribution in [3.05, 3.63) is 36.0 Å². The summed E-state index contributed by atoms with van der Waals surface area (Å²) < 4.78 is 4.77. The van der Waals surface area contributed by atoms with Crippen molar-refractivity contribution < 1.29 is 14.3 Å². The number of ether oxygens (including phenoxy) is 1. The predicted octanol–water partition coefficient (Wildman–Crippen LogP) is 2.24. The van der Waals surface area contributed by atoms with Gasteiger partial charge in [0, 0.05) is 10.9 Å². The molecule has 110 valence electrons. The molecule has 5 heteroatoms. The first-order valence-corrected chi connectivity index (χ1v) is 7.14. The third-order valence-corrected chi connectivity index (χ3v) is 3.83. The van der Waals surface area contributed by atoms with Gasteiger partial charge in [-0.3, -0.25) is 4.79 Å². The lowest BCUT2D eigenvalue weighted by Crippen LogP contribution is -2.42. The fourth-order valence-corrected chi connectivity index (χ4v) is 2.47. The molecule has 0 saturated heterocycles. The summed E-state index contributed by atoms with van der Waals surface area (Å²) in [4.78, 5) is 27.1. The van der Waals surface area contributed by atoms with Gasteiger partial charge >= 0.3 is 5.97 Å². The second kappa shape index (κ2) is 5.60. The van der Waals surface area contributed by atoms with Crippen molar-refractivity contribution in [3.8, 4) is 0 Å². The molecule has 1 heterocycles. The van der Waals surface area contributed by atoms with Gasteiger partial charge in [0.05, 0.1) is 7.11 Å². The van der Waals surface area contributed by atoms with Crippen molar-refractivity contribution in [2.24, 2.45) is 5.92 Å². The molecule has 21 heavy (non-hydrogen) atoms. The van der Waals surface area contributed by atoms with Gasteiger partial charge in [0.25, 0.3) is 5.91 Å². The van der Waals surface area contributed by atoms with Crippen molar-refractivity contribution in [1.29, 1.82) is 0 Å². The minimum atomic E-state index is -0.568. The first-order chi connectivity index (χ1) is 10.2. The van der Waals surface area contributed by atoms with Crippen molar-refractivity contribution in [2.45, 2.75) is 25.3 Å². The number of methoxy groups -OCH3 is 1. The molecular weight excluding hydrogens is 268 g/mol. The second-order valence-electron chi connectivity index (χ2n) is 5.50. The zero-order valence-corrected chi connectivity index (χ0v) is 11.9. The van der Waals surface area contributed by atoms with E-state index in [1.165, 1.54) is 7.11 Å². The van der Waals surface area contributed by atoms with Gasteiger partial charge in [-0.25, -0.2) is 4.79 Å². The maximum atomic E-state index is 12.3. The number of esters is 1. The number of H-pyrrole nitrogens is 1. The lowest BCUT2D eigenvalue weighted by Gasteiger charge is -2.15. The maximum Gasteiger partial charge on any atom is 0.328 e. The van der Waals surface area contributed by atoms with Gasteiger partial charge in [-0.05, 0) is 24.5 Å². The summed E-state index contributed by atoms with van der Waals surface area (Å²) in [7, 11) is 1.34. The molecule has 0 bridgehead atoms. The number of amides is 1. The Morgan fingerprint density at radius 2 is 2.14 bits per heavy atom. The third-order valence-electron chi connectivity index (χ3n) is 3.83. The number of nitrogens with one attached hydrogen (secondary N) is 2. The van der Waals surface area contributed by atoms with Gasteiger partial charge in [0.1, 0.15) is 11.7 Å². The Hall–Kier alpha value is -2.30. The molecule has 2 aromatic rings. The lowest BCUT2D eigenvalue weighted by molar-refractivity contribution is -0.143. The summed E-state index contributed by atoms with van der Waals surface area (Å²) in [6.07, 6.45) is 2.89. The molecule has 1 aliphatic carbocycles. The number of hydrogen-bond donors (Lipinski definition) is 2. The van der Waals surface area contributed by atoms with Crippen LogP contribution in [-0.2, 0) is 9.53 Å². The van der Waals surface area contributed by atoms with Crippen LogP contribution in [0.5, 0.6) is 0 Å². The van der Waals surface area contributed by atoms with Gasteiger partial charge in [0.15, 0.2) is 0 Å². The number of carbonyl (C=O) groups excluding carboxylic acids is 2. The number of fused-ring (bicyclic) bond motifs is 1. The average Bonchev–Trinajstić information content (AvgIpc) is 3.20. The maximum absolute atomic E-state index is 12.3. The Bertz CT molecular complexity index is 640. The predicted molar refractivity (Wildman–Crippen MR) is 78.9 cm³/mol. The molecule has 0 spiro atoms. The van der Waals surface area contributed by atoms with Crippen molar-refractivity contribution in [3.63, 3.8) is 0 Å². The topological polar surface area (TPSA) is 71.2 Å². The molecule has 1 aliphatic rings. The van der Waals surface area contributed by atoms with Crippen LogP contribution in [0.4, 0.5) is 0 Å². The van der Waals surface area contributed by atoms with Crippen LogP contribution in [-0.4, -0.2) is 30.0 Å². The van der Waals surface area contributed by atoms with Crippen molar-refractivity contribution >= 4 is 22.8 Å². The van der Waals surface area contributed by atoms with Gasteiger partial charge < -0.3 is 15.0 Å². The SMILES string of the molecule is COC(=O)[C@H](CC1CC1)NC(=O)c1cc2ccccc2[nH]1. The van der Waals surface area contributed by atoms with E-state index in [9.17, 15) is 9.59 Å². The fraction of sp³-hybridized carbons (Fsp3) is 0.375. The van der Waals surface area contributed by atoms with E-state index in [1.54, 1.807) is 6.07 Å². The molecule has 2 N–H and O–H groups in total. The Morgan fingerprint density at radius 3 is 2.81 bits per heavy atom. The van der Waals surface area contributed by atoms with Crippen LogP contribution in [0.25, 0.3) is 10.9 Å². The summed E-state index contributed by atoms with van der Waals surface area (Å²) in [5.74, 6) is -0.134. The fourth-order valence-electron chi connectivity index (χ4n) is 2.47. The van der Waals surface area contributed by atoms with Crippen molar-refractivity contribution in [2.75, 3.05) is 7.11 Å². The molecule has 3 rings (SSSR count). The monoisotopic (exact) mass is 286 g/mol. The summed E-state index contributed by atoms with van der Waals surface area (Å²) in [5.41, 5.74) is 1.36. The molecule has 1 saturated carbocycles. The van der Waals surface area contributed by atoms with Gasteiger partial charge in [-0.2, -0.15) is 0 Å². The standard InChI is InChI=1S/C16H18N2O3/c1-21-16(20)14(8-10-6-7-10)18-15(19)13-9-11-4-2-3-5-12(11)17-13/h2-5,9-10,14,17H,6-8H2,1H3,(H,18,19)/t14-/m0/s1. The Balaban J connectivity index is 1.74. The van der Waals surface area contributed by atoms with Crippen LogP contribution in [0.15, 0.2) is 30.3 Å². The van der Waals surface area contributed by atoms with E-state index in [-0.39, 0.29) is 11.9 Å². The summed E-state index contributed by atoms with van der Waals surface area (Å²) in [6, 6.07) is 8.89. The Kier molecular flexibility index (Phi) is 3.64. The van der Waals surface area contributed by atoms with Crippen LogP contribution in [0.1, 0.15) is 29.8 Å².